The van der Waals surface area contributed by atoms with Crippen LogP contribution in [0.5, 0.6) is 0 Å². The van der Waals surface area contributed by atoms with Gasteiger partial charge in [0.2, 0.25) is 10.0 Å². The van der Waals surface area contributed by atoms with Crippen molar-refractivity contribution < 1.29 is 22.3 Å². The van der Waals surface area contributed by atoms with Gasteiger partial charge in [0.25, 0.3) is 5.91 Å². The third-order valence-corrected chi connectivity index (χ3v) is 11.8. The van der Waals surface area contributed by atoms with Crippen LogP contribution in [0.25, 0.3) is 0 Å². The molecule has 3 fully saturated rings. The summed E-state index contributed by atoms with van der Waals surface area (Å²) in [5, 5.41) is 7.54. The van der Waals surface area contributed by atoms with Crippen LogP contribution < -0.4 is 4.31 Å². The molecule has 1 unspecified atom stereocenters. The van der Waals surface area contributed by atoms with Crippen molar-refractivity contribution in [2.75, 3.05) is 10.8 Å². The minimum absolute atomic E-state index is 0.0121. The Morgan fingerprint density at radius 3 is 2.38 bits per heavy atom. The van der Waals surface area contributed by atoms with Crippen LogP contribution in [0.15, 0.2) is 72.8 Å². The number of H-pyrrole nitrogens is 1. The molecule has 246 valence electrons. The molecule has 47 heavy (non-hydrogen) atoms. The maximum atomic E-state index is 15.4. The Labute approximate surface area is 283 Å². The van der Waals surface area contributed by atoms with Gasteiger partial charge in [0, 0.05) is 16.5 Å². The average molecular weight is 699 g/mol. The smallest absolute Gasteiger partial charge is 0.253 e. The number of morpholine rings is 1. The van der Waals surface area contributed by atoms with Crippen LogP contribution in [0.1, 0.15) is 60.6 Å². The van der Waals surface area contributed by atoms with Gasteiger partial charge < -0.3 is 9.64 Å². The lowest BCUT2D eigenvalue weighted by Crippen LogP contribution is -2.59. The molecular formula is C34H34Cl2FN5O4S. The molecule has 0 spiro atoms. The average Bonchev–Trinajstić information content (AvgIpc) is 3.98. The summed E-state index contributed by atoms with van der Waals surface area (Å²) in [7, 11) is -3.91. The fourth-order valence-corrected chi connectivity index (χ4v) is 8.70. The standard InChI is InChI=1S/C34H34Cl2FN5O4S/c1-20-38-31(40-39-20)18-30-34(43)42(32(22-11-13-24(35)14-12-22)33(46-30)23-5-4-6-25(36)17-23)29(21-9-10-21)19-41(47(44,45)26-15-16-26)28-8-3-2-7-27(28)37/h2-8,11-14,17,21,26,29-30,32-33H,9-10,15-16,18-19H2,1H3,(H,38,39,40)/t29?,30-,32-,33-/m1/s1. The quantitative estimate of drug-likeness (QED) is 0.190. The number of aromatic nitrogens is 3. The highest BCUT2D eigenvalue weighted by Crippen LogP contribution is 2.49. The lowest BCUT2D eigenvalue weighted by molar-refractivity contribution is -0.179. The first kappa shape index (κ1) is 32.1. The monoisotopic (exact) mass is 697 g/mol. The van der Waals surface area contributed by atoms with Gasteiger partial charge in [-0.25, -0.2) is 17.8 Å². The minimum Gasteiger partial charge on any atom is -0.357 e. The van der Waals surface area contributed by atoms with Gasteiger partial charge in [-0.1, -0.05) is 59.6 Å². The summed E-state index contributed by atoms with van der Waals surface area (Å²) in [6, 6.07) is 19.2. The largest absolute Gasteiger partial charge is 0.357 e. The number of anilines is 1. The molecule has 4 atom stereocenters. The number of halogens is 3. The molecule has 1 aliphatic heterocycles. The van der Waals surface area contributed by atoms with Crippen molar-refractivity contribution in [2.45, 2.75) is 68.6 Å². The van der Waals surface area contributed by atoms with E-state index in [1.54, 1.807) is 36.1 Å². The number of carbonyl (C=O) groups is 1. The first-order valence-electron chi connectivity index (χ1n) is 15.7. The Morgan fingerprint density at radius 2 is 1.74 bits per heavy atom. The number of benzene rings is 3. The Balaban J connectivity index is 1.37. The number of hydrogen-bond acceptors (Lipinski definition) is 6. The van der Waals surface area contributed by atoms with Gasteiger partial charge in [-0.15, -0.1) is 0 Å². The van der Waals surface area contributed by atoms with Crippen LogP contribution in [-0.4, -0.2) is 58.3 Å². The van der Waals surface area contributed by atoms with E-state index in [9.17, 15) is 13.2 Å². The lowest BCUT2D eigenvalue weighted by atomic mass is 9.89. The van der Waals surface area contributed by atoms with E-state index >= 15 is 4.39 Å². The fourth-order valence-electron chi connectivity index (χ4n) is 6.50. The third-order valence-electron chi connectivity index (χ3n) is 9.08. The van der Waals surface area contributed by atoms with Crippen molar-refractivity contribution in [3.05, 3.63) is 111 Å². The number of nitrogens with zero attached hydrogens (tertiary/aromatic N) is 4. The maximum absolute atomic E-state index is 15.4. The molecule has 2 saturated carbocycles. The zero-order valence-electron chi connectivity index (χ0n) is 25.6. The molecule has 1 saturated heterocycles. The predicted molar refractivity (Wildman–Crippen MR) is 177 cm³/mol. The molecular weight excluding hydrogens is 664 g/mol. The topological polar surface area (TPSA) is 108 Å². The number of aromatic amines is 1. The second kappa shape index (κ2) is 12.8. The highest BCUT2D eigenvalue weighted by atomic mass is 35.5. The first-order chi connectivity index (χ1) is 22.6. The number of sulfonamides is 1. The van der Waals surface area contributed by atoms with E-state index in [0.717, 1.165) is 24.0 Å². The summed E-state index contributed by atoms with van der Waals surface area (Å²) in [4.78, 5) is 21.0. The zero-order valence-corrected chi connectivity index (χ0v) is 27.9. The minimum atomic E-state index is -3.91. The first-order valence-corrected chi connectivity index (χ1v) is 18.0. The molecule has 2 aliphatic carbocycles. The molecule has 9 nitrogen and oxygen atoms in total. The van der Waals surface area contributed by atoms with Crippen molar-refractivity contribution in [3.63, 3.8) is 0 Å². The Hall–Kier alpha value is -3.51. The third kappa shape index (κ3) is 6.63. The zero-order chi connectivity index (χ0) is 32.9. The predicted octanol–water partition coefficient (Wildman–Crippen LogP) is 6.59. The number of hydrogen-bond donors (Lipinski definition) is 1. The Kier molecular flexibility index (Phi) is 8.75. The number of nitrogens with one attached hydrogen (secondary N) is 1. The van der Waals surface area contributed by atoms with Gasteiger partial charge in [-0.3, -0.25) is 14.2 Å². The highest BCUT2D eigenvalue weighted by Gasteiger charge is 2.52. The second-order valence-corrected chi connectivity index (χ2v) is 15.5. The summed E-state index contributed by atoms with van der Waals surface area (Å²) in [5.74, 6) is 0.0559. The summed E-state index contributed by atoms with van der Waals surface area (Å²) < 4.78 is 51.3. The van der Waals surface area contributed by atoms with Crippen LogP contribution in [0.2, 0.25) is 10.0 Å². The highest BCUT2D eigenvalue weighted by molar-refractivity contribution is 7.93. The van der Waals surface area contributed by atoms with Crippen LogP contribution in [0.4, 0.5) is 10.1 Å². The summed E-state index contributed by atoms with van der Waals surface area (Å²) in [5.41, 5.74) is 1.48. The molecule has 3 aromatic carbocycles. The molecule has 0 radical (unpaired) electrons. The van der Waals surface area contributed by atoms with Crippen molar-refractivity contribution >= 4 is 44.8 Å². The number of para-hydroxylation sites is 1. The van der Waals surface area contributed by atoms with Gasteiger partial charge in [0.1, 0.15) is 23.8 Å². The van der Waals surface area contributed by atoms with E-state index in [4.69, 9.17) is 27.9 Å². The van der Waals surface area contributed by atoms with Gasteiger partial charge >= 0.3 is 0 Å². The molecule has 2 heterocycles. The number of rotatable bonds is 11. The molecule has 13 heteroatoms. The van der Waals surface area contributed by atoms with Crippen LogP contribution in [0, 0.1) is 18.7 Å². The van der Waals surface area contributed by atoms with Crippen LogP contribution in [-0.2, 0) is 26.0 Å². The fraction of sp³-hybridized carbons (Fsp3) is 0.382. The van der Waals surface area contributed by atoms with Crippen LogP contribution >= 0.6 is 23.2 Å². The van der Waals surface area contributed by atoms with Gasteiger partial charge in [-0.2, -0.15) is 5.10 Å². The molecule has 7 rings (SSSR count). The van der Waals surface area contributed by atoms with Crippen molar-refractivity contribution in [1.82, 2.24) is 20.1 Å². The normalized spacial score (nSPS) is 22.3. The molecule has 4 aromatic rings. The van der Waals surface area contributed by atoms with E-state index in [0.29, 0.717) is 34.5 Å². The van der Waals surface area contributed by atoms with Gasteiger partial charge in [-0.05, 0) is 86.1 Å². The molecule has 1 N–H and O–H groups in total. The lowest BCUT2D eigenvalue weighted by Gasteiger charge is -2.49. The van der Waals surface area contributed by atoms with E-state index < -0.39 is 45.4 Å². The van der Waals surface area contributed by atoms with E-state index in [2.05, 4.69) is 15.2 Å². The second-order valence-electron chi connectivity index (χ2n) is 12.5. The molecule has 0 bridgehead atoms. The van der Waals surface area contributed by atoms with Crippen LogP contribution in [0.3, 0.4) is 0 Å². The van der Waals surface area contributed by atoms with E-state index in [1.165, 1.54) is 22.5 Å². The van der Waals surface area contributed by atoms with Crippen molar-refractivity contribution in [2.24, 2.45) is 5.92 Å². The number of carbonyl (C=O) groups excluding carboxylic acids is 1. The number of aryl methyl sites for hydroxylation is 1. The SMILES string of the molecule is Cc1nc(C[C@H]2O[C@H](c3cccc(Cl)c3)[C@@H](c3ccc(Cl)cc3)N(C(CN(c3ccccc3F)S(=O)(=O)C3CC3)C3CC3)C2=O)n[nH]1. The number of ether oxygens (including phenoxy) is 1. The summed E-state index contributed by atoms with van der Waals surface area (Å²) in [6.45, 7) is 1.67. The molecule has 1 amide bonds. The van der Waals surface area contributed by atoms with Crippen molar-refractivity contribution in [3.8, 4) is 0 Å². The number of amides is 1. The van der Waals surface area contributed by atoms with E-state index in [-0.39, 0.29) is 30.5 Å². The van der Waals surface area contributed by atoms with Gasteiger partial charge in [0.05, 0.1) is 29.6 Å². The maximum Gasteiger partial charge on any atom is 0.253 e. The Morgan fingerprint density at radius 1 is 1.00 bits per heavy atom. The van der Waals surface area contributed by atoms with Gasteiger partial charge in [0.15, 0.2) is 5.82 Å². The molecule has 1 aromatic heterocycles. The van der Waals surface area contributed by atoms with Crippen molar-refractivity contribution in [1.29, 1.82) is 0 Å². The Bertz CT molecular complexity index is 1880. The van der Waals surface area contributed by atoms with E-state index in [1.807, 2.05) is 30.3 Å². The summed E-state index contributed by atoms with van der Waals surface area (Å²) >= 11 is 12.8. The summed E-state index contributed by atoms with van der Waals surface area (Å²) in [6.07, 6.45) is 1.04. The molecule has 3 aliphatic rings.